The van der Waals surface area contributed by atoms with Gasteiger partial charge in [0.05, 0.1) is 6.26 Å². The third-order valence-electron chi connectivity index (χ3n) is 3.13. The van der Waals surface area contributed by atoms with Crippen molar-refractivity contribution >= 4 is 21.6 Å². The first-order valence-corrected chi connectivity index (χ1v) is 7.91. The molecule has 0 aromatic heterocycles. The summed E-state index contributed by atoms with van der Waals surface area (Å²) in [7, 11) is -3.07. The molecule has 0 N–H and O–H groups in total. The zero-order valence-electron chi connectivity index (χ0n) is 9.77. The average molecular weight is 274 g/mol. The Bertz CT molecular complexity index is 484. The molecule has 1 aromatic carbocycles. The van der Waals surface area contributed by atoms with E-state index >= 15 is 0 Å². The lowest BCUT2D eigenvalue weighted by atomic mass is 10.1. The van der Waals surface area contributed by atoms with Crippen LogP contribution in [0.15, 0.2) is 24.3 Å². The van der Waals surface area contributed by atoms with Gasteiger partial charge in [-0.25, -0.2) is 8.42 Å². The van der Waals surface area contributed by atoms with Gasteiger partial charge in [0.1, 0.15) is 0 Å². The van der Waals surface area contributed by atoms with Crippen LogP contribution in [-0.4, -0.2) is 31.6 Å². The predicted octanol–water partition coefficient (Wildman–Crippen LogP) is 2.31. The Hall–Kier alpha value is -0.580. The Balaban J connectivity index is 2.11. The minimum absolute atomic E-state index is 0.103. The van der Waals surface area contributed by atoms with Crippen LogP contribution in [0.1, 0.15) is 18.4 Å². The molecule has 1 aromatic rings. The van der Waals surface area contributed by atoms with Crippen molar-refractivity contribution in [2.45, 2.75) is 25.3 Å². The molecular weight excluding hydrogens is 258 g/mol. The molecule has 2 rings (SSSR count). The average Bonchev–Trinajstić information content (AvgIpc) is 2.69. The number of halogens is 1. The highest BCUT2D eigenvalue weighted by atomic mass is 35.5. The molecule has 0 aliphatic carbocycles. The van der Waals surface area contributed by atoms with E-state index in [1.165, 1.54) is 6.26 Å². The third kappa shape index (κ3) is 3.21. The minimum atomic E-state index is -3.07. The van der Waals surface area contributed by atoms with Crippen molar-refractivity contribution in [3.63, 3.8) is 0 Å². The van der Waals surface area contributed by atoms with Crippen molar-refractivity contribution < 1.29 is 8.42 Å². The van der Waals surface area contributed by atoms with Gasteiger partial charge in [0.25, 0.3) is 0 Å². The fourth-order valence-corrected chi connectivity index (χ4v) is 3.65. The lowest BCUT2D eigenvalue weighted by Crippen LogP contribution is -2.35. The molecule has 0 spiro atoms. The summed E-state index contributed by atoms with van der Waals surface area (Å²) in [4.78, 5) is 0. The number of benzene rings is 1. The highest BCUT2D eigenvalue weighted by Gasteiger charge is 2.31. The van der Waals surface area contributed by atoms with Gasteiger partial charge in [-0.1, -0.05) is 23.7 Å². The molecule has 0 radical (unpaired) electrons. The SMILES string of the molecule is CS(=O)(=O)N1CCCC1Cc1ccc(Cl)cc1. The molecule has 0 saturated carbocycles. The molecule has 1 aliphatic heterocycles. The lowest BCUT2D eigenvalue weighted by Gasteiger charge is -2.22. The van der Waals surface area contributed by atoms with Crippen LogP contribution in [-0.2, 0) is 16.4 Å². The quantitative estimate of drug-likeness (QED) is 0.847. The van der Waals surface area contributed by atoms with Crippen molar-refractivity contribution in [3.8, 4) is 0 Å². The fourth-order valence-electron chi connectivity index (χ4n) is 2.34. The largest absolute Gasteiger partial charge is 0.212 e. The second-order valence-electron chi connectivity index (χ2n) is 4.50. The Morgan fingerprint density at radius 3 is 2.59 bits per heavy atom. The summed E-state index contributed by atoms with van der Waals surface area (Å²) in [5.41, 5.74) is 1.13. The van der Waals surface area contributed by atoms with Crippen molar-refractivity contribution in [3.05, 3.63) is 34.9 Å². The fraction of sp³-hybridized carbons (Fsp3) is 0.500. The van der Waals surface area contributed by atoms with E-state index in [0.29, 0.717) is 11.6 Å². The van der Waals surface area contributed by atoms with Gasteiger partial charge in [0.15, 0.2) is 0 Å². The first kappa shape index (κ1) is 12.9. The number of hydrogen-bond acceptors (Lipinski definition) is 2. The smallest absolute Gasteiger partial charge is 0.211 e. The van der Waals surface area contributed by atoms with Crippen LogP contribution in [0.4, 0.5) is 0 Å². The molecule has 1 heterocycles. The van der Waals surface area contributed by atoms with Crippen LogP contribution in [0.3, 0.4) is 0 Å². The maximum Gasteiger partial charge on any atom is 0.211 e. The molecule has 0 bridgehead atoms. The van der Waals surface area contributed by atoms with Crippen molar-refractivity contribution in [1.82, 2.24) is 4.31 Å². The van der Waals surface area contributed by atoms with Crippen molar-refractivity contribution in [2.24, 2.45) is 0 Å². The first-order chi connectivity index (χ1) is 7.97. The van der Waals surface area contributed by atoms with Gasteiger partial charge in [-0.2, -0.15) is 4.31 Å². The molecule has 5 heteroatoms. The van der Waals surface area contributed by atoms with E-state index in [1.807, 2.05) is 24.3 Å². The van der Waals surface area contributed by atoms with Crippen molar-refractivity contribution in [2.75, 3.05) is 12.8 Å². The number of nitrogens with zero attached hydrogens (tertiary/aromatic N) is 1. The maximum atomic E-state index is 11.6. The van der Waals surface area contributed by atoms with Crippen LogP contribution in [0.2, 0.25) is 5.02 Å². The van der Waals surface area contributed by atoms with Gasteiger partial charge < -0.3 is 0 Å². The van der Waals surface area contributed by atoms with E-state index in [2.05, 4.69) is 0 Å². The van der Waals surface area contributed by atoms with E-state index < -0.39 is 10.0 Å². The molecule has 1 saturated heterocycles. The maximum absolute atomic E-state index is 11.6. The Labute approximate surface area is 107 Å². The summed E-state index contributed by atoms with van der Waals surface area (Å²) in [6.07, 6.45) is 3.94. The third-order valence-corrected chi connectivity index (χ3v) is 4.72. The zero-order chi connectivity index (χ0) is 12.5. The molecule has 1 aliphatic rings. The molecule has 0 amide bonds. The van der Waals surface area contributed by atoms with E-state index in [9.17, 15) is 8.42 Å². The Morgan fingerprint density at radius 1 is 1.35 bits per heavy atom. The first-order valence-electron chi connectivity index (χ1n) is 5.68. The van der Waals surface area contributed by atoms with Crippen LogP contribution in [0, 0.1) is 0 Å². The van der Waals surface area contributed by atoms with Crippen LogP contribution in [0.25, 0.3) is 0 Å². The molecular formula is C12H16ClNO2S. The number of hydrogen-bond donors (Lipinski definition) is 0. The summed E-state index contributed by atoms with van der Waals surface area (Å²) in [5, 5.41) is 0.708. The van der Waals surface area contributed by atoms with Gasteiger partial charge in [-0.05, 0) is 37.0 Å². The van der Waals surface area contributed by atoms with E-state index in [0.717, 1.165) is 24.8 Å². The van der Waals surface area contributed by atoms with Gasteiger partial charge in [-0.15, -0.1) is 0 Å². The second kappa shape index (κ2) is 4.96. The van der Waals surface area contributed by atoms with E-state index in [1.54, 1.807) is 4.31 Å². The van der Waals surface area contributed by atoms with Gasteiger partial charge in [-0.3, -0.25) is 0 Å². The lowest BCUT2D eigenvalue weighted by molar-refractivity contribution is 0.389. The summed E-state index contributed by atoms with van der Waals surface area (Å²) < 4.78 is 24.8. The molecule has 1 unspecified atom stereocenters. The molecule has 1 fully saturated rings. The number of rotatable bonds is 3. The molecule has 1 atom stereocenters. The molecule has 3 nitrogen and oxygen atoms in total. The monoisotopic (exact) mass is 273 g/mol. The zero-order valence-corrected chi connectivity index (χ0v) is 11.3. The summed E-state index contributed by atoms with van der Waals surface area (Å²) in [6, 6.07) is 7.71. The summed E-state index contributed by atoms with van der Waals surface area (Å²) in [5.74, 6) is 0. The highest BCUT2D eigenvalue weighted by molar-refractivity contribution is 7.88. The Kier molecular flexibility index (Phi) is 3.76. The van der Waals surface area contributed by atoms with Crippen LogP contribution in [0.5, 0.6) is 0 Å². The summed E-state index contributed by atoms with van der Waals surface area (Å²) in [6.45, 7) is 0.650. The van der Waals surface area contributed by atoms with Gasteiger partial charge in [0, 0.05) is 17.6 Å². The van der Waals surface area contributed by atoms with E-state index in [-0.39, 0.29) is 6.04 Å². The highest BCUT2D eigenvalue weighted by Crippen LogP contribution is 2.24. The Morgan fingerprint density at radius 2 is 2.00 bits per heavy atom. The number of sulfonamides is 1. The van der Waals surface area contributed by atoms with Crippen LogP contribution >= 0.6 is 11.6 Å². The van der Waals surface area contributed by atoms with Crippen LogP contribution < -0.4 is 0 Å². The van der Waals surface area contributed by atoms with Gasteiger partial charge >= 0.3 is 0 Å². The standard InChI is InChI=1S/C12H16ClNO2S/c1-17(15,16)14-8-2-3-12(14)9-10-4-6-11(13)7-5-10/h4-7,12H,2-3,8-9H2,1H3. The predicted molar refractivity (Wildman–Crippen MR) is 69.7 cm³/mol. The van der Waals surface area contributed by atoms with Crippen molar-refractivity contribution in [1.29, 1.82) is 0 Å². The normalized spacial score (nSPS) is 21.9. The topological polar surface area (TPSA) is 37.4 Å². The van der Waals surface area contributed by atoms with E-state index in [4.69, 9.17) is 11.6 Å². The molecule has 17 heavy (non-hydrogen) atoms. The minimum Gasteiger partial charge on any atom is -0.212 e. The summed E-state index contributed by atoms with van der Waals surface area (Å²) >= 11 is 5.82. The molecule has 94 valence electrons. The second-order valence-corrected chi connectivity index (χ2v) is 6.87. The van der Waals surface area contributed by atoms with Gasteiger partial charge in [0.2, 0.25) is 10.0 Å².